The van der Waals surface area contributed by atoms with E-state index in [-0.39, 0.29) is 37.7 Å². The highest BCUT2D eigenvalue weighted by Crippen LogP contribution is 2.65. The normalized spacial score (nSPS) is 23.0. The summed E-state index contributed by atoms with van der Waals surface area (Å²) in [4.78, 5) is 73.7. The fourth-order valence-corrected chi connectivity index (χ4v) is 8.96. The van der Waals surface area contributed by atoms with Crippen molar-refractivity contribution in [2.45, 2.75) is 36.3 Å². The van der Waals surface area contributed by atoms with Crippen molar-refractivity contribution in [3.8, 4) is 5.75 Å². The van der Waals surface area contributed by atoms with Crippen LogP contribution in [0.15, 0.2) is 146 Å². The molecule has 0 saturated carbocycles. The van der Waals surface area contributed by atoms with Crippen LogP contribution in [0.5, 0.6) is 5.75 Å². The number of anilines is 1. The third kappa shape index (κ3) is 6.74. The average Bonchev–Trinajstić information content (AvgIpc) is 3.74. The van der Waals surface area contributed by atoms with Gasteiger partial charge in [0.15, 0.2) is 0 Å². The fraction of sp³-hybridized carbons (Fsp3) is 0.217. The first-order valence-corrected chi connectivity index (χ1v) is 19.3. The van der Waals surface area contributed by atoms with Crippen LogP contribution < -0.4 is 15.0 Å². The zero-order valence-electron chi connectivity index (χ0n) is 32.2. The van der Waals surface area contributed by atoms with E-state index in [4.69, 9.17) is 14.2 Å². The van der Waals surface area contributed by atoms with Crippen molar-refractivity contribution in [3.63, 3.8) is 0 Å². The van der Waals surface area contributed by atoms with Crippen LogP contribution in [0.4, 0.5) is 16.2 Å². The maximum atomic E-state index is 15.9. The highest BCUT2D eigenvalue weighted by Gasteiger charge is 2.75. The molecule has 1 spiro atoms. The van der Waals surface area contributed by atoms with Gasteiger partial charge in [-0.15, -0.1) is 6.58 Å². The number of nitrogens with zero attached hydrogens (tertiary/aromatic N) is 3. The van der Waals surface area contributed by atoms with Crippen LogP contribution in [0.2, 0.25) is 0 Å². The quantitative estimate of drug-likeness (QED) is 0.0629. The number of hydrogen-bond donors (Lipinski definition) is 2. The van der Waals surface area contributed by atoms with Crippen LogP contribution in [0.25, 0.3) is 0 Å². The van der Waals surface area contributed by atoms with E-state index in [1.807, 2.05) is 65.6 Å². The molecule has 8 rings (SSSR count). The topological polar surface area (TPSA) is 178 Å². The Bertz CT molecular complexity index is 2430. The number of nitro groups is 1. The number of esters is 1. The second-order valence-corrected chi connectivity index (χ2v) is 14.6. The molecule has 5 aromatic rings. The Balaban J connectivity index is 1.35. The summed E-state index contributed by atoms with van der Waals surface area (Å²) in [5, 5.41) is 23.6. The lowest BCUT2D eigenvalue weighted by Gasteiger charge is -2.46. The van der Waals surface area contributed by atoms with Crippen LogP contribution in [-0.4, -0.2) is 64.6 Å². The molecule has 3 aliphatic rings. The number of ether oxygens (including phenoxy) is 3. The predicted octanol–water partition coefficient (Wildman–Crippen LogP) is 6.27. The van der Waals surface area contributed by atoms with Crippen molar-refractivity contribution in [3.05, 3.63) is 184 Å². The van der Waals surface area contributed by atoms with Crippen molar-refractivity contribution in [1.29, 1.82) is 0 Å². The first kappa shape index (κ1) is 39.7. The molecular weight excluding hydrogens is 769 g/mol. The van der Waals surface area contributed by atoms with Crippen LogP contribution in [0.3, 0.4) is 0 Å². The fourth-order valence-electron chi connectivity index (χ4n) is 8.96. The summed E-state index contributed by atoms with van der Waals surface area (Å²) in [6, 6.07) is 34.4. The van der Waals surface area contributed by atoms with Gasteiger partial charge in [-0.25, -0.2) is 9.69 Å². The molecule has 2 N–H and O–H groups in total. The molecule has 6 atom stereocenters. The predicted molar refractivity (Wildman–Crippen MR) is 217 cm³/mol. The van der Waals surface area contributed by atoms with E-state index in [0.29, 0.717) is 28.0 Å². The summed E-state index contributed by atoms with van der Waals surface area (Å²) in [6.07, 6.45) is -0.453. The smallest absolute Gasteiger partial charge is 0.421 e. The summed E-state index contributed by atoms with van der Waals surface area (Å²) < 4.78 is 17.9. The molecule has 3 aliphatic heterocycles. The number of aliphatic hydroxyl groups excluding tert-OH is 1. The molecule has 3 heterocycles. The number of cyclic esters (lactones) is 1. The molecule has 0 aromatic heterocycles. The molecule has 0 bridgehead atoms. The molecule has 0 unspecified atom stereocenters. The number of imide groups is 1. The third-order valence-electron chi connectivity index (χ3n) is 11.3. The van der Waals surface area contributed by atoms with Gasteiger partial charge in [0.05, 0.1) is 35.2 Å². The standard InChI is InChI=1S/C46H40N4O10/c1-2-25-47-42(52)37-39-43(53)60-40(31-13-7-4-8-14-31)38(30-11-5-3-6-12-30)49(39)41(32-19-23-34(24-20-32)58-27-26-51)46(37)35-15-9-10-16-36(35)48(44(46)54)45(55)59-28-29-17-21-33(22-18-29)50(56)57/h2-24,37-41,51H,1,25-28H2,(H,47,52)/t37-,38-,39-,40+,41+,46-/m0/s1. The number of benzene rings is 5. The number of carbonyl (C=O) groups is 4. The average molecular weight is 809 g/mol. The van der Waals surface area contributed by atoms with Gasteiger partial charge in [-0.05, 0) is 58.1 Å². The molecule has 14 nitrogen and oxygen atoms in total. The Morgan fingerprint density at radius 2 is 1.50 bits per heavy atom. The van der Waals surface area contributed by atoms with Gasteiger partial charge in [0.1, 0.15) is 36.5 Å². The first-order chi connectivity index (χ1) is 29.2. The minimum absolute atomic E-state index is 0.0142. The maximum absolute atomic E-state index is 15.9. The highest BCUT2D eigenvalue weighted by molar-refractivity contribution is 6.23. The number of hydrogen-bond acceptors (Lipinski definition) is 11. The van der Waals surface area contributed by atoms with E-state index in [1.165, 1.54) is 30.3 Å². The number of aliphatic hydroxyl groups is 1. The van der Waals surface area contributed by atoms with Gasteiger partial charge in [0, 0.05) is 18.7 Å². The molecule has 2 saturated heterocycles. The van der Waals surface area contributed by atoms with E-state index >= 15 is 4.79 Å². The Morgan fingerprint density at radius 3 is 2.15 bits per heavy atom. The zero-order chi connectivity index (χ0) is 42.0. The number of nitro benzene ring substituents is 1. The Hall–Kier alpha value is -7.16. The molecule has 0 aliphatic carbocycles. The Labute approximate surface area is 344 Å². The second kappa shape index (κ2) is 16.6. The lowest BCUT2D eigenvalue weighted by atomic mass is 9.65. The minimum atomic E-state index is -1.95. The number of amides is 3. The number of para-hydroxylation sites is 1. The summed E-state index contributed by atoms with van der Waals surface area (Å²) >= 11 is 0. The number of rotatable bonds is 12. The lowest BCUT2D eigenvalue weighted by Crippen LogP contribution is -2.55. The highest BCUT2D eigenvalue weighted by atomic mass is 16.6. The van der Waals surface area contributed by atoms with Gasteiger partial charge in [-0.1, -0.05) is 97.1 Å². The van der Waals surface area contributed by atoms with Gasteiger partial charge in [-0.3, -0.25) is 29.4 Å². The molecule has 304 valence electrons. The number of morpholine rings is 1. The zero-order valence-corrected chi connectivity index (χ0v) is 32.2. The molecule has 5 aromatic carbocycles. The first-order valence-electron chi connectivity index (χ1n) is 19.3. The van der Waals surface area contributed by atoms with E-state index in [9.17, 15) is 29.6 Å². The Kier molecular flexibility index (Phi) is 11.0. The van der Waals surface area contributed by atoms with Crippen LogP contribution >= 0.6 is 0 Å². The van der Waals surface area contributed by atoms with Crippen LogP contribution in [0, 0.1) is 16.0 Å². The van der Waals surface area contributed by atoms with Crippen molar-refractivity contribution in [1.82, 2.24) is 10.2 Å². The molecule has 3 amide bonds. The van der Waals surface area contributed by atoms with Gasteiger partial charge in [-0.2, -0.15) is 0 Å². The molecule has 2 fully saturated rings. The van der Waals surface area contributed by atoms with E-state index in [1.54, 1.807) is 48.5 Å². The maximum Gasteiger partial charge on any atom is 0.421 e. The van der Waals surface area contributed by atoms with Crippen molar-refractivity contribution < 1.29 is 43.4 Å². The number of non-ortho nitro benzene ring substituents is 1. The minimum Gasteiger partial charge on any atom is -0.491 e. The largest absolute Gasteiger partial charge is 0.491 e. The van der Waals surface area contributed by atoms with E-state index < -0.39 is 64.4 Å². The van der Waals surface area contributed by atoms with Gasteiger partial charge in [0.2, 0.25) is 11.8 Å². The van der Waals surface area contributed by atoms with Gasteiger partial charge >= 0.3 is 12.1 Å². The molecular formula is C46H40N4O10. The lowest BCUT2D eigenvalue weighted by molar-refractivity contribution is -0.384. The van der Waals surface area contributed by atoms with Gasteiger partial charge < -0.3 is 24.6 Å². The van der Waals surface area contributed by atoms with Crippen LogP contribution in [0.1, 0.15) is 46.0 Å². The monoisotopic (exact) mass is 808 g/mol. The second-order valence-electron chi connectivity index (χ2n) is 14.6. The summed E-state index contributed by atoms with van der Waals surface area (Å²) in [6.45, 7) is 3.27. The molecule has 0 radical (unpaired) electrons. The van der Waals surface area contributed by atoms with E-state index in [2.05, 4.69) is 11.9 Å². The summed E-state index contributed by atoms with van der Waals surface area (Å²) in [7, 11) is 0. The molecule has 60 heavy (non-hydrogen) atoms. The van der Waals surface area contributed by atoms with Crippen molar-refractivity contribution >= 4 is 35.3 Å². The number of carbonyl (C=O) groups excluding carboxylic acids is 4. The van der Waals surface area contributed by atoms with Gasteiger partial charge in [0.25, 0.3) is 5.69 Å². The van der Waals surface area contributed by atoms with Crippen molar-refractivity contribution in [2.75, 3.05) is 24.7 Å². The summed E-state index contributed by atoms with van der Waals surface area (Å²) in [5.41, 5.74) is 0.781. The summed E-state index contributed by atoms with van der Waals surface area (Å²) in [5.74, 6) is -3.20. The van der Waals surface area contributed by atoms with Crippen LogP contribution in [-0.2, 0) is 35.9 Å². The SMILES string of the molecule is C=CCNC(=O)[C@@H]1[C@H]2C(=O)O[C@H](c3ccccc3)[C@H](c3ccccc3)N2[C@H](c2ccc(OCCO)cc2)[C@@]12C(=O)N(C(=O)OCc1ccc([N+](=O)[O-])cc1)c1ccccc12. The molecule has 14 heteroatoms. The number of nitrogens with one attached hydrogen (secondary N) is 1. The number of fused-ring (bicyclic) bond motifs is 3. The van der Waals surface area contributed by atoms with Crippen molar-refractivity contribution in [2.24, 2.45) is 5.92 Å². The van der Waals surface area contributed by atoms with E-state index in [0.717, 1.165) is 10.5 Å². The Morgan fingerprint density at radius 1 is 0.850 bits per heavy atom. The third-order valence-corrected chi connectivity index (χ3v) is 11.3.